The van der Waals surface area contributed by atoms with E-state index < -0.39 is 9.84 Å². The van der Waals surface area contributed by atoms with Crippen molar-refractivity contribution in [1.29, 1.82) is 0 Å². The van der Waals surface area contributed by atoms with Gasteiger partial charge in [0.1, 0.15) is 9.84 Å². The first kappa shape index (κ1) is 14.5. The molecule has 0 saturated heterocycles. The van der Waals surface area contributed by atoms with Crippen LogP contribution in [0.2, 0.25) is 0 Å². The van der Waals surface area contributed by atoms with Gasteiger partial charge in [-0.25, -0.2) is 8.42 Å². The summed E-state index contributed by atoms with van der Waals surface area (Å²) in [6.07, 6.45) is 5.52. The Hall–Kier alpha value is -0.950. The molecule has 108 valence electrons. The fourth-order valence-electron chi connectivity index (χ4n) is 2.54. The highest BCUT2D eigenvalue weighted by Gasteiger charge is 2.28. The fourth-order valence-corrected chi connectivity index (χ4v) is 3.72. The summed E-state index contributed by atoms with van der Waals surface area (Å²) in [5, 5.41) is 6.93. The van der Waals surface area contributed by atoms with E-state index in [9.17, 15) is 8.42 Å². The van der Waals surface area contributed by atoms with E-state index in [0.717, 1.165) is 25.8 Å². The number of hydrogen-bond donors (Lipinski definition) is 1. The third kappa shape index (κ3) is 4.28. The van der Waals surface area contributed by atoms with E-state index in [2.05, 4.69) is 15.5 Å². The average molecular weight is 287 g/mol. The predicted octanol–water partition coefficient (Wildman–Crippen LogP) is 0.866. The summed E-state index contributed by atoms with van der Waals surface area (Å²) >= 11 is 0. The number of hydrogen-bond acceptors (Lipinski definition) is 6. The molecule has 2 rings (SSSR count). The highest BCUT2D eigenvalue weighted by molar-refractivity contribution is 7.91. The van der Waals surface area contributed by atoms with E-state index in [-0.39, 0.29) is 11.3 Å². The molecular formula is C12H21N3O3S. The number of rotatable bonds is 5. The van der Waals surface area contributed by atoms with Gasteiger partial charge in [0.05, 0.1) is 5.25 Å². The molecule has 1 aliphatic carbocycles. The molecule has 0 aromatic carbocycles. The smallest absolute Gasteiger partial charge is 0.227 e. The van der Waals surface area contributed by atoms with Gasteiger partial charge >= 0.3 is 0 Å². The molecule has 1 fully saturated rings. The van der Waals surface area contributed by atoms with Gasteiger partial charge in [0, 0.05) is 25.3 Å². The van der Waals surface area contributed by atoms with Crippen LogP contribution >= 0.6 is 0 Å². The van der Waals surface area contributed by atoms with Crippen LogP contribution in [0.5, 0.6) is 0 Å². The van der Waals surface area contributed by atoms with E-state index in [1.165, 1.54) is 6.26 Å². The standard InChI is InChI=1S/C12H21N3O3S/c1-9-14-12(18-15-9)6-7-13-10-4-3-5-11(8-10)19(2,16)17/h10-11,13H,3-8H2,1-2H3. The quantitative estimate of drug-likeness (QED) is 0.865. The third-order valence-corrected chi connectivity index (χ3v) is 5.21. The van der Waals surface area contributed by atoms with Gasteiger partial charge in [0.15, 0.2) is 5.82 Å². The second-order valence-electron chi connectivity index (χ2n) is 5.25. The lowest BCUT2D eigenvalue weighted by molar-refractivity contribution is 0.349. The minimum Gasteiger partial charge on any atom is -0.339 e. The Bertz CT molecular complexity index is 512. The zero-order valence-electron chi connectivity index (χ0n) is 11.4. The molecule has 0 aliphatic heterocycles. The molecule has 1 saturated carbocycles. The molecule has 0 bridgehead atoms. The summed E-state index contributed by atoms with van der Waals surface area (Å²) in [6, 6.07) is 0.275. The van der Waals surface area contributed by atoms with Crippen LogP contribution in [0.1, 0.15) is 37.4 Å². The molecule has 1 aromatic rings. The van der Waals surface area contributed by atoms with Gasteiger partial charge in [0.25, 0.3) is 0 Å². The van der Waals surface area contributed by atoms with Crippen LogP contribution in [0.3, 0.4) is 0 Å². The van der Waals surface area contributed by atoms with Crippen LogP contribution in [0.25, 0.3) is 0 Å². The van der Waals surface area contributed by atoms with Crippen molar-refractivity contribution in [2.75, 3.05) is 12.8 Å². The van der Waals surface area contributed by atoms with E-state index in [1.54, 1.807) is 6.92 Å². The Labute approximate surface area is 113 Å². The number of nitrogens with zero attached hydrogens (tertiary/aromatic N) is 2. The van der Waals surface area contributed by atoms with E-state index in [0.29, 0.717) is 24.6 Å². The topological polar surface area (TPSA) is 85.1 Å². The summed E-state index contributed by atoms with van der Waals surface area (Å²) in [7, 11) is -2.91. The van der Waals surface area contributed by atoms with Gasteiger partial charge in [-0.3, -0.25) is 0 Å². The van der Waals surface area contributed by atoms with E-state index in [1.807, 2.05) is 0 Å². The molecule has 19 heavy (non-hydrogen) atoms. The van der Waals surface area contributed by atoms with Crippen molar-refractivity contribution in [2.45, 2.75) is 50.3 Å². The minimum atomic E-state index is -2.91. The third-order valence-electron chi connectivity index (χ3n) is 3.57. The molecule has 1 aliphatic rings. The lowest BCUT2D eigenvalue weighted by Gasteiger charge is -2.28. The SMILES string of the molecule is Cc1noc(CCNC2CCCC(S(C)(=O)=O)C2)n1. The average Bonchev–Trinajstić information content (AvgIpc) is 2.74. The zero-order chi connectivity index (χ0) is 13.9. The number of sulfone groups is 1. The fraction of sp³-hybridized carbons (Fsp3) is 0.833. The molecule has 2 atom stereocenters. The normalized spacial score (nSPS) is 24.5. The lowest BCUT2D eigenvalue weighted by Crippen LogP contribution is -2.39. The summed E-state index contributed by atoms with van der Waals surface area (Å²) < 4.78 is 28.2. The van der Waals surface area contributed by atoms with Gasteiger partial charge in [-0.1, -0.05) is 11.6 Å². The highest BCUT2D eigenvalue weighted by atomic mass is 32.2. The monoisotopic (exact) mass is 287 g/mol. The highest BCUT2D eigenvalue weighted by Crippen LogP contribution is 2.23. The second kappa shape index (κ2) is 6.00. The Kier molecular flexibility index (Phi) is 4.57. The summed E-state index contributed by atoms with van der Waals surface area (Å²) in [4.78, 5) is 4.13. The van der Waals surface area contributed by atoms with Gasteiger partial charge < -0.3 is 9.84 Å². The van der Waals surface area contributed by atoms with Crippen LogP contribution in [0.4, 0.5) is 0 Å². The largest absolute Gasteiger partial charge is 0.339 e. The van der Waals surface area contributed by atoms with Crippen LogP contribution in [-0.4, -0.2) is 42.7 Å². The van der Waals surface area contributed by atoms with Crippen molar-refractivity contribution in [3.63, 3.8) is 0 Å². The van der Waals surface area contributed by atoms with Crippen LogP contribution in [-0.2, 0) is 16.3 Å². The summed E-state index contributed by atoms with van der Waals surface area (Å²) in [6.45, 7) is 2.53. The molecule has 2 unspecified atom stereocenters. The van der Waals surface area contributed by atoms with Gasteiger partial charge in [-0.05, 0) is 26.2 Å². The molecule has 1 heterocycles. The second-order valence-corrected chi connectivity index (χ2v) is 7.58. The van der Waals surface area contributed by atoms with Crippen molar-refractivity contribution in [2.24, 2.45) is 0 Å². The number of aromatic nitrogens is 2. The van der Waals surface area contributed by atoms with Crippen molar-refractivity contribution < 1.29 is 12.9 Å². The van der Waals surface area contributed by atoms with Crippen LogP contribution < -0.4 is 5.32 Å². The molecule has 7 heteroatoms. The van der Waals surface area contributed by atoms with E-state index >= 15 is 0 Å². The molecular weight excluding hydrogens is 266 g/mol. The number of nitrogens with one attached hydrogen (secondary N) is 1. The van der Waals surface area contributed by atoms with Crippen LogP contribution in [0, 0.1) is 6.92 Å². The van der Waals surface area contributed by atoms with Gasteiger partial charge in [0.2, 0.25) is 5.89 Å². The van der Waals surface area contributed by atoms with Crippen molar-refractivity contribution >= 4 is 9.84 Å². The maximum absolute atomic E-state index is 11.6. The predicted molar refractivity (Wildman–Crippen MR) is 71.6 cm³/mol. The molecule has 0 radical (unpaired) electrons. The summed E-state index contributed by atoms with van der Waals surface area (Å²) in [5.74, 6) is 1.27. The first-order chi connectivity index (χ1) is 8.95. The first-order valence-electron chi connectivity index (χ1n) is 6.66. The first-order valence-corrected chi connectivity index (χ1v) is 8.62. The van der Waals surface area contributed by atoms with Crippen molar-refractivity contribution in [3.05, 3.63) is 11.7 Å². The Balaban J connectivity index is 1.77. The minimum absolute atomic E-state index is 0.190. The maximum atomic E-state index is 11.6. The van der Waals surface area contributed by atoms with Gasteiger partial charge in [-0.2, -0.15) is 4.98 Å². The zero-order valence-corrected chi connectivity index (χ0v) is 12.2. The Morgan fingerprint density at radius 1 is 1.42 bits per heavy atom. The molecule has 6 nitrogen and oxygen atoms in total. The van der Waals surface area contributed by atoms with Crippen molar-refractivity contribution in [3.8, 4) is 0 Å². The van der Waals surface area contributed by atoms with Crippen LogP contribution in [0.15, 0.2) is 4.52 Å². The van der Waals surface area contributed by atoms with Crippen molar-refractivity contribution in [1.82, 2.24) is 15.5 Å². The molecule has 0 amide bonds. The van der Waals surface area contributed by atoms with Gasteiger partial charge in [-0.15, -0.1) is 0 Å². The molecule has 1 N–H and O–H groups in total. The molecule has 0 spiro atoms. The van der Waals surface area contributed by atoms with E-state index in [4.69, 9.17) is 4.52 Å². The summed E-state index contributed by atoms with van der Waals surface area (Å²) in [5.41, 5.74) is 0. The Morgan fingerprint density at radius 2 is 2.21 bits per heavy atom. The number of aryl methyl sites for hydroxylation is 1. The Morgan fingerprint density at radius 3 is 2.84 bits per heavy atom. The molecule has 1 aromatic heterocycles. The lowest BCUT2D eigenvalue weighted by atomic mass is 9.95. The maximum Gasteiger partial charge on any atom is 0.227 e.